The smallest absolute Gasteiger partial charge is 0.171 e. The molecule has 0 radical (unpaired) electrons. The Labute approximate surface area is 104 Å². The van der Waals surface area contributed by atoms with Crippen molar-refractivity contribution in [3.8, 4) is 0 Å². The van der Waals surface area contributed by atoms with Crippen LogP contribution in [0.2, 0.25) is 0 Å². The molecule has 0 amide bonds. The topological polar surface area (TPSA) is 68.3 Å². The first-order valence-corrected chi connectivity index (χ1v) is 5.89. The summed E-state index contributed by atoms with van der Waals surface area (Å²) in [7, 11) is 0. The zero-order valence-electron chi connectivity index (χ0n) is 10.2. The molecule has 3 rings (SSSR count). The van der Waals surface area contributed by atoms with Crippen LogP contribution in [0.15, 0.2) is 12.1 Å². The van der Waals surface area contributed by atoms with Gasteiger partial charge in [0.25, 0.3) is 0 Å². The molecule has 0 heterocycles. The molecule has 0 unspecified atom stereocenters. The predicted molar refractivity (Wildman–Crippen MR) is 64.3 cm³/mol. The lowest BCUT2D eigenvalue weighted by atomic mass is 10.0. The molecule has 1 aromatic carbocycles. The van der Waals surface area contributed by atoms with Crippen molar-refractivity contribution >= 4 is 23.1 Å². The van der Waals surface area contributed by atoms with Crippen LogP contribution in [0.4, 0.5) is 0 Å². The van der Waals surface area contributed by atoms with E-state index >= 15 is 0 Å². The van der Waals surface area contributed by atoms with E-state index in [4.69, 9.17) is 0 Å². The fourth-order valence-electron chi connectivity index (χ4n) is 2.20. The molecule has 0 saturated carbocycles. The molecule has 0 saturated heterocycles. The Morgan fingerprint density at radius 3 is 1.06 bits per heavy atom. The van der Waals surface area contributed by atoms with E-state index in [0.29, 0.717) is 0 Å². The molecule has 2 aliphatic carbocycles. The number of benzene rings is 1. The number of hydrogen-bond acceptors (Lipinski definition) is 4. The van der Waals surface area contributed by atoms with Crippen LogP contribution in [0.25, 0.3) is 0 Å². The zero-order valence-corrected chi connectivity index (χ0v) is 10.2. The van der Waals surface area contributed by atoms with Gasteiger partial charge < -0.3 is 0 Å². The van der Waals surface area contributed by atoms with Gasteiger partial charge in [-0.3, -0.25) is 19.2 Å². The number of Topliss-reactive ketones (excluding diaryl/α,β-unsaturated/α-hetero) is 4. The van der Waals surface area contributed by atoms with E-state index in [1.54, 1.807) is 0 Å². The second-order valence-electron chi connectivity index (χ2n) is 3.99. The van der Waals surface area contributed by atoms with E-state index in [-0.39, 0.29) is 58.2 Å². The number of hydrogen-bond donors (Lipinski definition) is 0. The predicted octanol–water partition coefficient (Wildman–Crippen LogP) is 2.25. The van der Waals surface area contributed by atoms with Gasteiger partial charge in [0.1, 0.15) is 0 Å². The highest BCUT2D eigenvalue weighted by Crippen LogP contribution is 2.30. The lowest BCUT2D eigenvalue weighted by Gasteiger charge is -2.00. The third-order valence-electron chi connectivity index (χ3n) is 3.00. The molecule has 0 fully saturated rings. The molecular formula is C14H12O4. The molecule has 0 aliphatic heterocycles. The van der Waals surface area contributed by atoms with Crippen molar-refractivity contribution in [2.75, 3.05) is 0 Å². The van der Waals surface area contributed by atoms with Gasteiger partial charge >= 0.3 is 0 Å². The minimum absolute atomic E-state index is 0.152. The van der Waals surface area contributed by atoms with Crippen LogP contribution >= 0.6 is 0 Å². The fourth-order valence-corrected chi connectivity index (χ4v) is 2.20. The molecule has 92 valence electrons. The van der Waals surface area contributed by atoms with E-state index in [9.17, 15) is 19.2 Å². The van der Waals surface area contributed by atoms with Gasteiger partial charge in [-0.2, -0.15) is 0 Å². The van der Waals surface area contributed by atoms with Crippen LogP contribution in [-0.2, 0) is 0 Å². The molecule has 4 nitrogen and oxygen atoms in total. The average Bonchev–Trinajstić information content (AvgIpc) is 2.80. The summed E-state index contributed by atoms with van der Waals surface area (Å²) in [5.41, 5.74) is 1.14. The van der Waals surface area contributed by atoms with Crippen molar-refractivity contribution in [1.82, 2.24) is 0 Å². The van der Waals surface area contributed by atoms with Crippen LogP contribution in [-0.4, -0.2) is 23.1 Å². The maximum Gasteiger partial charge on any atom is 0.171 e. The highest BCUT2D eigenvalue weighted by atomic mass is 16.2. The van der Waals surface area contributed by atoms with E-state index in [1.807, 2.05) is 13.8 Å². The van der Waals surface area contributed by atoms with Gasteiger partial charge in [0.05, 0.1) is 12.8 Å². The van der Waals surface area contributed by atoms with Crippen LogP contribution in [0, 0.1) is 0 Å². The summed E-state index contributed by atoms with van der Waals surface area (Å²) < 4.78 is 0. The van der Waals surface area contributed by atoms with Crippen molar-refractivity contribution in [1.29, 1.82) is 0 Å². The van der Waals surface area contributed by atoms with Gasteiger partial charge in [0.15, 0.2) is 23.1 Å². The number of carbonyl (C=O) groups excluding carboxylic acids is 4. The van der Waals surface area contributed by atoms with E-state index in [1.165, 1.54) is 12.1 Å². The minimum atomic E-state index is -0.269. The van der Waals surface area contributed by atoms with Crippen LogP contribution in [0.1, 0.15) is 68.1 Å². The van der Waals surface area contributed by atoms with E-state index < -0.39 is 0 Å². The van der Waals surface area contributed by atoms with Gasteiger partial charge in [0, 0.05) is 22.3 Å². The van der Waals surface area contributed by atoms with Crippen molar-refractivity contribution in [3.63, 3.8) is 0 Å². The summed E-state index contributed by atoms with van der Waals surface area (Å²) >= 11 is 0. The van der Waals surface area contributed by atoms with Crippen molar-refractivity contribution in [2.24, 2.45) is 0 Å². The molecule has 0 spiro atoms. The van der Waals surface area contributed by atoms with E-state index in [2.05, 4.69) is 0 Å². The third-order valence-corrected chi connectivity index (χ3v) is 3.00. The molecule has 0 aromatic heterocycles. The SMILES string of the molecule is CC.O=C1CC(=O)c2cc3c(cc21)C(=O)CC3=O. The summed E-state index contributed by atoms with van der Waals surface area (Å²) in [6.07, 6.45) is -0.304. The first-order chi connectivity index (χ1) is 8.58. The summed E-state index contributed by atoms with van der Waals surface area (Å²) in [5, 5.41) is 0. The van der Waals surface area contributed by atoms with Crippen molar-refractivity contribution in [2.45, 2.75) is 26.7 Å². The number of rotatable bonds is 0. The quantitative estimate of drug-likeness (QED) is 0.656. The van der Waals surface area contributed by atoms with Gasteiger partial charge in [-0.15, -0.1) is 0 Å². The summed E-state index contributed by atoms with van der Waals surface area (Å²) in [5.74, 6) is -1.07. The van der Waals surface area contributed by atoms with Gasteiger partial charge in [-0.1, -0.05) is 13.8 Å². The number of fused-ring (bicyclic) bond motifs is 2. The van der Waals surface area contributed by atoms with Crippen molar-refractivity contribution in [3.05, 3.63) is 34.4 Å². The molecule has 0 N–H and O–H groups in total. The highest BCUT2D eigenvalue weighted by molar-refractivity contribution is 6.29. The molecule has 0 bridgehead atoms. The Kier molecular flexibility index (Phi) is 2.95. The largest absolute Gasteiger partial charge is 0.294 e. The summed E-state index contributed by atoms with van der Waals surface area (Å²) in [6, 6.07) is 2.79. The Morgan fingerprint density at radius 1 is 0.611 bits per heavy atom. The zero-order chi connectivity index (χ0) is 13.4. The van der Waals surface area contributed by atoms with Gasteiger partial charge in [-0.25, -0.2) is 0 Å². The molecule has 0 atom stereocenters. The van der Waals surface area contributed by atoms with Gasteiger partial charge in [-0.05, 0) is 12.1 Å². The highest BCUT2D eigenvalue weighted by Gasteiger charge is 2.34. The number of ketones is 4. The molecule has 4 heteroatoms. The minimum Gasteiger partial charge on any atom is -0.294 e. The Balaban J connectivity index is 0.000000574. The molecule has 1 aromatic rings. The normalized spacial score (nSPS) is 16.3. The van der Waals surface area contributed by atoms with Gasteiger partial charge in [0.2, 0.25) is 0 Å². The monoisotopic (exact) mass is 244 g/mol. The third kappa shape index (κ3) is 1.61. The first-order valence-electron chi connectivity index (χ1n) is 5.89. The van der Waals surface area contributed by atoms with Crippen LogP contribution in [0.3, 0.4) is 0 Å². The summed E-state index contributed by atoms with van der Waals surface area (Å²) in [4.78, 5) is 45.8. The Bertz CT molecular complexity index is 496. The first kappa shape index (κ1) is 12.4. The second kappa shape index (κ2) is 4.29. The maximum absolute atomic E-state index is 11.4. The average molecular weight is 244 g/mol. The lowest BCUT2D eigenvalue weighted by molar-refractivity contribution is 0.0910. The summed E-state index contributed by atoms with van der Waals surface area (Å²) in [6.45, 7) is 4.00. The van der Waals surface area contributed by atoms with Crippen LogP contribution in [0.5, 0.6) is 0 Å². The number of carbonyl (C=O) groups is 4. The molecule has 2 aliphatic rings. The van der Waals surface area contributed by atoms with Crippen molar-refractivity contribution < 1.29 is 19.2 Å². The Hall–Kier alpha value is -2.10. The molecule has 18 heavy (non-hydrogen) atoms. The van der Waals surface area contributed by atoms with Crippen LogP contribution < -0.4 is 0 Å². The fraction of sp³-hybridized carbons (Fsp3) is 0.286. The molecular weight excluding hydrogens is 232 g/mol. The standard InChI is InChI=1S/C12H6O4.C2H6/c13-9-3-11(15)7-2-8-6(1-5(7)9)10(14)4-12(8)16;1-2/h1-2H,3-4H2;1-2H3. The lowest BCUT2D eigenvalue weighted by Crippen LogP contribution is -1.98. The second-order valence-corrected chi connectivity index (χ2v) is 3.99. The van der Waals surface area contributed by atoms with E-state index in [0.717, 1.165) is 0 Å². The Morgan fingerprint density at radius 2 is 0.833 bits per heavy atom. The maximum atomic E-state index is 11.4.